The van der Waals surface area contributed by atoms with Crippen molar-refractivity contribution in [3.05, 3.63) is 46.5 Å². The first-order valence-corrected chi connectivity index (χ1v) is 8.05. The van der Waals surface area contributed by atoms with Crippen molar-refractivity contribution in [1.82, 2.24) is 19.9 Å². The highest BCUT2D eigenvalue weighted by Gasteiger charge is 2.40. The van der Waals surface area contributed by atoms with Crippen molar-refractivity contribution in [2.45, 2.75) is 38.5 Å². The number of halogens is 2. The molecule has 5 nitrogen and oxygen atoms in total. The lowest BCUT2D eigenvalue weighted by molar-refractivity contribution is 0.0408. The summed E-state index contributed by atoms with van der Waals surface area (Å²) in [6.07, 6.45) is 2.38. The monoisotopic (exact) mass is 338 g/mol. The molecule has 1 aliphatic rings. The van der Waals surface area contributed by atoms with Crippen molar-refractivity contribution >= 4 is 11.6 Å². The van der Waals surface area contributed by atoms with E-state index in [2.05, 4.69) is 15.2 Å². The molecule has 2 heterocycles. The smallest absolute Gasteiger partial charge is 0.125 e. The molecule has 124 valence electrons. The summed E-state index contributed by atoms with van der Waals surface area (Å²) in [7, 11) is 0. The van der Waals surface area contributed by atoms with Crippen LogP contribution in [0.2, 0.25) is 5.02 Å². The van der Waals surface area contributed by atoms with Gasteiger partial charge in [-0.2, -0.15) is 0 Å². The Labute approximate surface area is 139 Å². The molecule has 1 aromatic carbocycles. The average molecular weight is 339 g/mol. The minimum absolute atomic E-state index is 0.201. The van der Waals surface area contributed by atoms with Crippen LogP contribution in [0, 0.1) is 5.82 Å². The zero-order valence-corrected chi connectivity index (χ0v) is 14.0. The second-order valence-corrected chi connectivity index (χ2v) is 6.88. The Kier molecular flexibility index (Phi) is 4.40. The molecule has 23 heavy (non-hydrogen) atoms. The highest BCUT2D eigenvalue weighted by molar-refractivity contribution is 6.30. The SMILES string of the molecule is CC(C)n1cc([C@]2(O)CCN(Cc3cc(F)cc(Cl)c3)C2)nn1. The molecule has 0 bridgehead atoms. The van der Waals surface area contributed by atoms with Gasteiger partial charge in [0.2, 0.25) is 0 Å². The molecule has 0 spiro atoms. The summed E-state index contributed by atoms with van der Waals surface area (Å²) in [5.74, 6) is -0.346. The number of aromatic nitrogens is 3. The van der Waals surface area contributed by atoms with E-state index >= 15 is 0 Å². The van der Waals surface area contributed by atoms with E-state index in [0.717, 1.165) is 5.56 Å². The maximum absolute atomic E-state index is 13.4. The summed E-state index contributed by atoms with van der Waals surface area (Å²) >= 11 is 5.89. The Balaban J connectivity index is 1.71. The van der Waals surface area contributed by atoms with E-state index in [9.17, 15) is 9.50 Å². The number of nitrogens with zero attached hydrogens (tertiary/aromatic N) is 4. The zero-order chi connectivity index (χ0) is 16.6. The molecule has 0 aliphatic carbocycles. The van der Waals surface area contributed by atoms with Gasteiger partial charge in [-0.05, 0) is 44.0 Å². The molecule has 1 atom stereocenters. The predicted octanol–water partition coefficient (Wildman–Crippen LogP) is 2.75. The summed E-state index contributed by atoms with van der Waals surface area (Å²) in [5, 5.41) is 19.4. The molecule has 0 saturated carbocycles. The molecule has 3 rings (SSSR count). The van der Waals surface area contributed by atoms with Gasteiger partial charge in [0, 0.05) is 30.7 Å². The minimum Gasteiger partial charge on any atom is -0.382 e. The molecule has 1 aliphatic heterocycles. The van der Waals surface area contributed by atoms with Crippen LogP contribution in [-0.4, -0.2) is 38.1 Å². The Morgan fingerprint density at radius 2 is 2.17 bits per heavy atom. The topological polar surface area (TPSA) is 54.2 Å². The number of rotatable bonds is 4. The average Bonchev–Trinajstić information content (AvgIpc) is 3.06. The molecule has 0 unspecified atom stereocenters. The van der Waals surface area contributed by atoms with Gasteiger partial charge in [-0.3, -0.25) is 4.90 Å². The highest BCUT2D eigenvalue weighted by Crippen LogP contribution is 2.32. The second kappa shape index (κ2) is 6.19. The van der Waals surface area contributed by atoms with Crippen LogP contribution < -0.4 is 0 Å². The van der Waals surface area contributed by atoms with E-state index in [1.807, 2.05) is 13.8 Å². The van der Waals surface area contributed by atoms with E-state index in [-0.39, 0.29) is 11.9 Å². The lowest BCUT2D eigenvalue weighted by Crippen LogP contribution is -2.31. The Hall–Kier alpha value is -1.50. The number of aliphatic hydroxyl groups is 1. The van der Waals surface area contributed by atoms with Gasteiger partial charge in [-0.25, -0.2) is 9.07 Å². The van der Waals surface area contributed by atoms with Gasteiger partial charge in [-0.15, -0.1) is 5.10 Å². The number of hydrogen-bond donors (Lipinski definition) is 1. The van der Waals surface area contributed by atoms with Gasteiger partial charge in [0.1, 0.15) is 17.1 Å². The van der Waals surface area contributed by atoms with E-state index in [4.69, 9.17) is 11.6 Å². The fraction of sp³-hybridized carbons (Fsp3) is 0.500. The van der Waals surface area contributed by atoms with Gasteiger partial charge < -0.3 is 5.11 Å². The van der Waals surface area contributed by atoms with E-state index in [0.29, 0.717) is 36.8 Å². The summed E-state index contributed by atoms with van der Waals surface area (Å²) in [5.41, 5.74) is 0.376. The number of β-amino-alcohol motifs (C(OH)–C–C–N with tert-alkyl or cyclic N) is 1. The first-order chi connectivity index (χ1) is 10.9. The van der Waals surface area contributed by atoms with Gasteiger partial charge >= 0.3 is 0 Å². The Morgan fingerprint density at radius 1 is 1.39 bits per heavy atom. The minimum atomic E-state index is -1.01. The molecular formula is C16H20ClFN4O. The van der Waals surface area contributed by atoms with E-state index < -0.39 is 5.60 Å². The number of hydrogen-bond acceptors (Lipinski definition) is 4. The fourth-order valence-electron chi connectivity index (χ4n) is 2.92. The van der Waals surface area contributed by atoms with Gasteiger partial charge in [0.15, 0.2) is 0 Å². The normalized spacial score (nSPS) is 22.2. The van der Waals surface area contributed by atoms with Crippen molar-refractivity contribution in [2.75, 3.05) is 13.1 Å². The molecule has 1 fully saturated rings. The van der Waals surface area contributed by atoms with Crippen molar-refractivity contribution in [3.63, 3.8) is 0 Å². The Bertz CT molecular complexity index is 685. The summed E-state index contributed by atoms with van der Waals surface area (Å²) in [6.45, 7) is 5.71. The van der Waals surface area contributed by atoms with Gasteiger partial charge in [0.25, 0.3) is 0 Å². The molecule has 0 amide bonds. The van der Waals surface area contributed by atoms with E-state index in [1.165, 1.54) is 12.1 Å². The first kappa shape index (κ1) is 16.4. The summed E-state index contributed by atoms with van der Waals surface area (Å²) in [4.78, 5) is 2.07. The predicted molar refractivity (Wildman–Crippen MR) is 85.6 cm³/mol. The number of benzene rings is 1. The van der Waals surface area contributed by atoms with Crippen molar-refractivity contribution in [3.8, 4) is 0 Å². The van der Waals surface area contributed by atoms with Gasteiger partial charge in [0.05, 0.1) is 6.20 Å². The summed E-state index contributed by atoms with van der Waals surface area (Å²) < 4.78 is 15.2. The van der Waals surface area contributed by atoms with Crippen molar-refractivity contribution in [1.29, 1.82) is 0 Å². The maximum Gasteiger partial charge on any atom is 0.125 e. The van der Waals surface area contributed by atoms with Gasteiger partial charge in [-0.1, -0.05) is 16.8 Å². The van der Waals surface area contributed by atoms with Crippen LogP contribution in [0.15, 0.2) is 24.4 Å². The van der Waals surface area contributed by atoms with Crippen LogP contribution in [0.1, 0.15) is 37.6 Å². The van der Waals surface area contributed by atoms with Crippen LogP contribution in [0.25, 0.3) is 0 Å². The Morgan fingerprint density at radius 3 is 2.83 bits per heavy atom. The molecule has 1 saturated heterocycles. The highest BCUT2D eigenvalue weighted by atomic mass is 35.5. The quantitative estimate of drug-likeness (QED) is 0.931. The van der Waals surface area contributed by atoms with Crippen LogP contribution in [0.4, 0.5) is 4.39 Å². The molecule has 1 aromatic heterocycles. The van der Waals surface area contributed by atoms with E-state index in [1.54, 1.807) is 16.9 Å². The molecule has 1 N–H and O–H groups in total. The summed E-state index contributed by atoms with van der Waals surface area (Å²) in [6, 6.07) is 4.71. The third-order valence-corrected chi connectivity index (χ3v) is 4.39. The van der Waals surface area contributed by atoms with Crippen molar-refractivity contribution in [2.24, 2.45) is 0 Å². The lowest BCUT2D eigenvalue weighted by Gasteiger charge is -2.21. The van der Waals surface area contributed by atoms with Crippen LogP contribution in [0.3, 0.4) is 0 Å². The molecule has 2 aromatic rings. The molecule has 7 heteroatoms. The molecular weight excluding hydrogens is 319 g/mol. The van der Waals surface area contributed by atoms with Crippen LogP contribution in [-0.2, 0) is 12.1 Å². The fourth-order valence-corrected chi connectivity index (χ4v) is 3.16. The first-order valence-electron chi connectivity index (χ1n) is 7.68. The molecule has 0 radical (unpaired) electrons. The second-order valence-electron chi connectivity index (χ2n) is 6.45. The van der Waals surface area contributed by atoms with Crippen LogP contribution >= 0.6 is 11.6 Å². The van der Waals surface area contributed by atoms with Crippen molar-refractivity contribution < 1.29 is 9.50 Å². The third-order valence-electron chi connectivity index (χ3n) is 4.17. The van der Waals surface area contributed by atoms with Crippen LogP contribution in [0.5, 0.6) is 0 Å². The maximum atomic E-state index is 13.4. The standard InChI is InChI=1S/C16H20ClFN4O/c1-11(2)22-9-15(19-20-22)16(23)3-4-21(10-16)8-12-5-13(17)7-14(18)6-12/h5-7,9,11,23H,3-4,8,10H2,1-2H3/t16-/m0/s1. The largest absolute Gasteiger partial charge is 0.382 e. The zero-order valence-electron chi connectivity index (χ0n) is 13.2. The number of likely N-dealkylation sites (tertiary alicyclic amines) is 1. The lowest BCUT2D eigenvalue weighted by atomic mass is 10.00. The third kappa shape index (κ3) is 3.54.